The highest BCUT2D eigenvalue weighted by atomic mass is 16.7. The average molecular weight is 319 g/mol. The number of fused-ring (bicyclic) bond motifs is 1. The highest BCUT2D eigenvalue weighted by Crippen LogP contribution is 2.35. The molecule has 0 aromatic heterocycles. The number of benzene rings is 1. The molecule has 124 valence electrons. The number of aliphatic carboxylic acids is 1. The maximum absolute atomic E-state index is 12.4. The predicted molar refractivity (Wildman–Crippen MR) is 82.3 cm³/mol. The van der Waals surface area contributed by atoms with Gasteiger partial charge in [0.2, 0.25) is 12.7 Å². The van der Waals surface area contributed by atoms with Crippen molar-refractivity contribution in [2.24, 2.45) is 5.92 Å². The summed E-state index contributed by atoms with van der Waals surface area (Å²) in [7, 11) is 0. The van der Waals surface area contributed by atoms with Crippen LogP contribution < -0.4 is 14.8 Å². The fourth-order valence-corrected chi connectivity index (χ4v) is 3.21. The Morgan fingerprint density at radius 2 is 1.91 bits per heavy atom. The highest BCUT2D eigenvalue weighted by molar-refractivity contribution is 5.80. The van der Waals surface area contributed by atoms with Crippen LogP contribution in [0.3, 0.4) is 0 Å². The van der Waals surface area contributed by atoms with Crippen LogP contribution in [0, 0.1) is 5.92 Å². The first-order valence-corrected chi connectivity index (χ1v) is 8.05. The Bertz CT molecular complexity index is 595. The van der Waals surface area contributed by atoms with Gasteiger partial charge in [0.15, 0.2) is 11.5 Å². The monoisotopic (exact) mass is 319 g/mol. The molecule has 6 nitrogen and oxygen atoms in total. The quantitative estimate of drug-likeness (QED) is 0.871. The third-order valence-electron chi connectivity index (χ3n) is 4.47. The summed E-state index contributed by atoms with van der Waals surface area (Å²) in [4.78, 5) is 23.6. The van der Waals surface area contributed by atoms with Crippen molar-refractivity contribution < 1.29 is 24.2 Å². The standard InChI is InChI=1S/C17H21NO5/c19-16(20)9-13(18-17(21)11-4-2-1-3-5-11)12-6-7-14-15(8-12)23-10-22-14/h6-8,11,13H,1-5,9-10H2,(H,18,21)(H,19,20). The van der Waals surface area contributed by atoms with Gasteiger partial charge in [-0.1, -0.05) is 25.3 Å². The second-order valence-corrected chi connectivity index (χ2v) is 6.11. The summed E-state index contributed by atoms with van der Waals surface area (Å²) in [5.74, 6) is 0.227. The zero-order valence-corrected chi connectivity index (χ0v) is 12.9. The highest BCUT2D eigenvalue weighted by Gasteiger charge is 2.26. The van der Waals surface area contributed by atoms with E-state index in [1.54, 1.807) is 18.2 Å². The third-order valence-corrected chi connectivity index (χ3v) is 4.47. The van der Waals surface area contributed by atoms with Gasteiger partial charge >= 0.3 is 5.97 Å². The van der Waals surface area contributed by atoms with E-state index in [1.807, 2.05) is 0 Å². The number of carbonyl (C=O) groups is 2. The molecule has 1 aliphatic carbocycles. The first-order chi connectivity index (χ1) is 11.1. The predicted octanol–water partition coefficient (Wildman–Crippen LogP) is 2.63. The van der Waals surface area contributed by atoms with Crippen molar-refractivity contribution >= 4 is 11.9 Å². The molecule has 1 heterocycles. The number of rotatable bonds is 5. The Labute approximate surface area is 134 Å². The van der Waals surface area contributed by atoms with Crippen LogP contribution in [0.5, 0.6) is 11.5 Å². The molecule has 2 aliphatic rings. The lowest BCUT2D eigenvalue weighted by molar-refractivity contribution is -0.138. The molecule has 2 N–H and O–H groups in total. The maximum atomic E-state index is 12.4. The molecular weight excluding hydrogens is 298 g/mol. The van der Waals surface area contributed by atoms with Crippen LogP contribution in [0.2, 0.25) is 0 Å². The Hall–Kier alpha value is -2.24. The Morgan fingerprint density at radius 1 is 1.17 bits per heavy atom. The van der Waals surface area contributed by atoms with Crippen LogP contribution in [-0.4, -0.2) is 23.8 Å². The summed E-state index contributed by atoms with van der Waals surface area (Å²) in [5, 5.41) is 12.1. The number of nitrogens with one attached hydrogen (secondary N) is 1. The smallest absolute Gasteiger partial charge is 0.305 e. The van der Waals surface area contributed by atoms with Gasteiger partial charge in [-0.25, -0.2) is 0 Å². The van der Waals surface area contributed by atoms with Crippen LogP contribution >= 0.6 is 0 Å². The normalized spacial score (nSPS) is 18.4. The third kappa shape index (κ3) is 3.75. The first kappa shape index (κ1) is 15.6. The number of carbonyl (C=O) groups excluding carboxylic acids is 1. The van der Waals surface area contributed by atoms with E-state index in [-0.39, 0.29) is 25.0 Å². The molecule has 1 unspecified atom stereocenters. The summed E-state index contributed by atoms with van der Waals surface area (Å²) in [5.41, 5.74) is 0.723. The van der Waals surface area contributed by atoms with Gasteiger partial charge in [-0.05, 0) is 30.5 Å². The lowest BCUT2D eigenvalue weighted by Gasteiger charge is -2.24. The van der Waals surface area contributed by atoms with E-state index in [9.17, 15) is 9.59 Å². The van der Waals surface area contributed by atoms with Crippen molar-refractivity contribution in [1.29, 1.82) is 0 Å². The minimum absolute atomic E-state index is 0.00550. The number of hydrogen-bond acceptors (Lipinski definition) is 4. The van der Waals surface area contributed by atoms with Gasteiger partial charge in [-0.3, -0.25) is 9.59 Å². The summed E-state index contributed by atoms with van der Waals surface area (Å²) in [6.07, 6.45) is 4.90. The molecule has 6 heteroatoms. The molecule has 1 aliphatic heterocycles. The number of ether oxygens (including phenoxy) is 2. The van der Waals surface area contributed by atoms with Gasteiger partial charge in [0.1, 0.15) is 0 Å². The van der Waals surface area contributed by atoms with Gasteiger partial charge in [0.25, 0.3) is 0 Å². The van der Waals surface area contributed by atoms with E-state index in [1.165, 1.54) is 6.42 Å². The molecule has 0 bridgehead atoms. The van der Waals surface area contributed by atoms with E-state index < -0.39 is 12.0 Å². The maximum Gasteiger partial charge on any atom is 0.305 e. The van der Waals surface area contributed by atoms with Crippen molar-refractivity contribution in [2.75, 3.05) is 6.79 Å². The van der Waals surface area contributed by atoms with Crippen molar-refractivity contribution in [2.45, 2.75) is 44.6 Å². The SMILES string of the molecule is O=C(O)CC(NC(=O)C1CCCCC1)c1ccc2c(c1)OCO2. The summed E-state index contributed by atoms with van der Waals surface area (Å²) < 4.78 is 10.6. The molecule has 0 radical (unpaired) electrons. The van der Waals surface area contributed by atoms with Crippen LogP contribution in [-0.2, 0) is 9.59 Å². The molecule has 1 amide bonds. The van der Waals surface area contributed by atoms with Crippen LogP contribution in [0.15, 0.2) is 18.2 Å². The molecule has 1 aromatic carbocycles. The molecule has 0 spiro atoms. The number of amides is 1. The molecule has 1 aromatic rings. The van der Waals surface area contributed by atoms with E-state index in [0.717, 1.165) is 31.2 Å². The van der Waals surface area contributed by atoms with Crippen molar-refractivity contribution in [3.8, 4) is 11.5 Å². The lowest BCUT2D eigenvalue weighted by atomic mass is 9.88. The molecule has 23 heavy (non-hydrogen) atoms. The van der Waals surface area contributed by atoms with Gasteiger partial charge in [-0.15, -0.1) is 0 Å². The topological polar surface area (TPSA) is 84.9 Å². The van der Waals surface area contributed by atoms with Gasteiger partial charge in [0, 0.05) is 5.92 Å². The molecule has 3 rings (SSSR count). The Morgan fingerprint density at radius 3 is 2.65 bits per heavy atom. The van der Waals surface area contributed by atoms with Crippen LogP contribution in [0.25, 0.3) is 0 Å². The summed E-state index contributed by atoms with van der Waals surface area (Å²) >= 11 is 0. The minimum Gasteiger partial charge on any atom is -0.481 e. The second-order valence-electron chi connectivity index (χ2n) is 6.11. The molecule has 1 atom stereocenters. The minimum atomic E-state index is -0.948. The zero-order valence-electron chi connectivity index (χ0n) is 12.9. The largest absolute Gasteiger partial charge is 0.481 e. The summed E-state index contributed by atoms with van der Waals surface area (Å²) in [6, 6.07) is 4.72. The first-order valence-electron chi connectivity index (χ1n) is 8.05. The van der Waals surface area contributed by atoms with Crippen molar-refractivity contribution in [3.05, 3.63) is 23.8 Å². The number of carboxylic acids is 1. The zero-order chi connectivity index (χ0) is 16.2. The van der Waals surface area contributed by atoms with Gasteiger partial charge in [-0.2, -0.15) is 0 Å². The van der Waals surface area contributed by atoms with E-state index >= 15 is 0 Å². The van der Waals surface area contributed by atoms with E-state index in [4.69, 9.17) is 14.6 Å². The number of hydrogen-bond donors (Lipinski definition) is 2. The molecule has 1 saturated carbocycles. The lowest BCUT2D eigenvalue weighted by Crippen LogP contribution is -2.35. The van der Waals surface area contributed by atoms with Crippen LogP contribution in [0.4, 0.5) is 0 Å². The molecular formula is C17H21NO5. The van der Waals surface area contributed by atoms with E-state index in [2.05, 4.69) is 5.32 Å². The second kappa shape index (κ2) is 6.89. The van der Waals surface area contributed by atoms with Crippen LogP contribution in [0.1, 0.15) is 50.1 Å². The Kier molecular flexibility index (Phi) is 4.69. The van der Waals surface area contributed by atoms with E-state index in [0.29, 0.717) is 11.5 Å². The summed E-state index contributed by atoms with van der Waals surface area (Å²) in [6.45, 7) is 0.164. The van der Waals surface area contributed by atoms with Crippen molar-refractivity contribution in [1.82, 2.24) is 5.32 Å². The fraction of sp³-hybridized carbons (Fsp3) is 0.529. The molecule has 1 fully saturated rings. The average Bonchev–Trinajstić information content (AvgIpc) is 3.02. The Balaban J connectivity index is 1.74. The fourth-order valence-electron chi connectivity index (χ4n) is 3.21. The van der Waals surface area contributed by atoms with Gasteiger partial charge in [0.05, 0.1) is 12.5 Å². The molecule has 0 saturated heterocycles. The van der Waals surface area contributed by atoms with Gasteiger partial charge < -0.3 is 19.9 Å². The number of carboxylic acid groups (broad SMARTS) is 1. The van der Waals surface area contributed by atoms with Crippen molar-refractivity contribution in [3.63, 3.8) is 0 Å².